The topological polar surface area (TPSA) is 36.4 Å². The van der Waals surface area contributed by atoms with Gasteiger partial charge in [0, 0.05) is 23.5 Å². The number of benzene rings is 1. The van der Waals surface area contributed by atoms with E-state index in [2.05, 4.69) is 26.9 Å². The van der Waals surface area contributed by atoms with Crippen LogP contribution in [0.1, 0.15) is 32.1 Å². The number of hydrogen-bond acceptors (Lipinski definition) is 4. The molecule has 1 aliphatic rings. The molecule has 4 nitrogen and oxygen atoms in total. The zero-order chi connectivity index (χ0) is 17.1. The van der Waals surface area contributed by atoms with Gasteiger partial charge in [0.2, 0.25) is 5.91 Å². The molecule has 0 aliphatic heterocycles. The van der Waals surface area contributed by atoms with E-state index in [1.54, 1.807) is 11.3 Å². The van der Waals surface area contributed by atoms with Gasteiger partial charge >= 0.3 is 0 Å². The zero-order valence-corrected chi connectivity index (χ0v) is 16.7. The molecule has 1 amide bonds. The fourth-order valence-electron chi connectivity index (χ4n) is 3.17. The van der Waals surface area contributed by atoms with E-state index in [1.807, 2.05) is 31.1 Å². The number of anilines is 1. The predicted molar refractivity (Wildman–Crippen MR) is 105 cm³/mol. The summed E-state index contributed by atoms with van der Waals surface area (Å²) in [6.07, 6.45) is 5.65. The molecule has 1 aromatic carbocycles. The van der Waals surface area contributed by atoms with Gasteiger partial charge in [0.15, 0.2) is 5.13 Å². The van der Waals surface area contributed by atoms with Gasteiger partial charge in [-0.25, -0.2) is 4.98 Å². The molecule has 24 heavy (non-hydrogen) atoms. The fourth-order valence-corrected chi connectivity index (χ4v) is 4.72. The number of carbonyl (C=O) groups is 1. The third-order valence-corrected chi connectivity index (χ3v) is 6.10. The fraction of sp³-hybridized carbons (Fsp3) is 0.556. The molecule has 1 heterocycles. The molecule has 0 saturated heterocycles. The van der Waals surface area contributed by atoms with Crippen LogP contribution < -0.4 is 4.90 Å². The van der Waals surface area contributed by atoms with Crippen molar-refractivity contribution in [2.24, 2.45) is 5.92 Å². The number of thiazole rings is 1. The second kappa shape index (κ2) is 7.93. The molecule has 1 fully saturated rings. The van der Waals surface area contributed by atoms with E-state index in [9.17, 15) is 4.79 Å². The molecule has 6 heteroatoms. The summed E-state index contributed by atoms with van der Waals surface area (Å²) in [7, 11) is 4.08. The number of aromatic nitrogens is 1. The first-order valence-corrected chi connectivity index (χ1v) is 10.2. The lowest BCUT2D eigenvalue weighted by Gasteiger charge is -2.28. The van der Waals surface area contributed by atoms with Crippen LogP contribution in [0.3, 0.4) is 0 Å². The zero-order valence-electron chi connectivity index (χ0n) is 14.3. The lowest BCUT2D eigenvalue weighted by molar-refractivity contribution is -0.123. The van der Waals surface area contributed by atoms with Crippen LogP contribution in [-0.4, -0.2) is 43.0 Å². The van der Waals surface area contributed by atoms with Crippen molar-refractivity contribution in [1.82, 2.24) is 9.88 Å². The maximum Gasteiger partial charge on any atom is 0.231 e. The first-order valence-electron chi connectivity index (χ1n) is 8.57. The van der Waals surface area contributed by atoms with Crippen LogP contribution in [0.4, 0.5) is 5.13 Å². The number of fused-ring (bicyclic) bond motifs is 1. The number of carbonyl (C=O) groups excluding carboxylic acids is 1. The highest BCUT2D eigenvalue weighted by Gasteiger charge is 2.28. The molecule has 0 atom stereocenters. The molecule has 1 saturated carbocycles. The van der Waals surface area contributed by atoms with Crippen LogP contribution in [0.2, 0.25) is 0 Å². The van der Waals surface area contributed by atoms with Gasteiger partial charge in [-0.3, -0.25) is 9.69 Å². The van der Waals surface area contributed by atoms with Crippen molar-refractivity contribution in [3.8, 4) is 0 Å². The van der Waals surface area contributed by atoms with E-state index in [1.165, 1.54) is 19.3 Å². The Morgan fingerprint density at radius 2 is 2.00 bits per heavy atom. The molecular weight excluding hydrogens is 386 g/mol. The summed E-state index contributed by atoms with van der Waals surface area (Å²) in [6, 6.07) is 6.08. The van der Waals surface area contributed by atoms with E-state index < -0.39 is 0 Å². The number of halogens is 1. The third-order valence-electron chi connectivity index (χ3n) is 4.56. The Morgan fingerprint density at radius 1 is 1.25 bits per heavy atom. The standard InChI is InChI=1S/C18H24BrN3OS/c1-21(2)10-11-22(17(23)13-6-4-3-5-7-13)18-20-15-9-8-14(19)12-16(15)24-18/h8-9,12-13H,3-7,10-11H2,1-2H3. The first-order chi connectivity index (χ1) is 11.5. The molecule has 130 valence electrons. The Kier molecular flexibility index (Phi) is 5.89. The number of likely N-dealkylation sites (N-methyl/N-ethyl adjacent to an activating group) is 1. The molecule has 3 rings (SSSR count). The molecule has 0 unspecified atom stereocenters. The highest BCUT2D eigenvalue weighted by Crippen LogP contribution is 2.33. The Labute approximate surface area is 156 Å². The monoisotopic (exact) mass is 409 g/mol. The number of hydrogen-bond donors (Lipinski definition) is 0. The minimum atomic E-state index is 0.166. The summed E-state index contributed by atoms with van der Waals surface area (Å²) in [5, 5.41) is 0.834. The smallest absolute Gasteiger partial charge is 0.231 e. The molecule has 1 aliphatic carbocycles. The molecular formula is C18H24BrN3OS. The first kappa shape index (κ1) is 17.8. The Bertz CT molecular complexity index is 709. The Hall–Kier alpha value is -0.980. The van der Waals surface area contributed by atoms with E-state index in [0.29, 0.717) is 6.54 Å². The molecule has 1 aromatic heterocycles. The minimum absolute atomic E-state index is 0.166. The van der Waals surface area contributed by atoms with Gasteiger partial charge < -0.3 is 4.90 Å². The minimum Gasteiger partial charge on any atom is -0.308 e. The predicted octanol–water partition coefficient (Wildman–Crippen LogP) is 4.53. The summed E-state index contributed by atoms with van der Waals surface area (Å²) < 4.78 is 2.16. The second-order valence-corrected chi connectivity index (χ2v) is 8.66. The molecule has 0 spiro atoms. The number of amides is 1. The van der Waals surface area contributed by atoms with Crippen molar-refractivity contribution in [3.63, 3.8) is 0 Å². The van der Waals surface area contributed by atoms with Crippen molar-refractivity contribution in [2.45, 2.75) is 32.1 Å². The molecule has 0 N–H and O–H groups in total. The van der Waals surface area contributed by atoms with Crippen molar-refractivity contribution in [2.75, 3.05) is 32.1 Å². The van der Waals surface area contributed by atoms with Crippen LogP contribution in [0.15, 0.2) is 22.7 Å². The molecule has 0 radical (unpaired) electrons. The molecule has 0 bridgehead atoms. The van der Waals surface area contributed by atoms with E-state index in [-0.39, 0.29) is 11.8 Å². The largest absolute Gasteiger partial charge is 0.308 e. The Balaban J connectivity index is 1.88. The lowest BCUT2D eigenvalue weighted by atomic mass is 9.88. The highest BCUT2D eigenvalue weighted by molar-refractivity contribution is 9.10. The van der Waals surface area contributed by atoms with Crippen LogP contribution in [0.25, 0.3) is 10.2 Å². The normalized spacial score (nSPS) is 16.0. The summed E-state index contributed by atoms with van der Waals surface area (Å²) in [5.41, 5.74) is 0.962. The average Bonchev–Trinajstić information content (AvgIpc) is 2.98. The van der Waals surface area contributed by atoms with E-state index in [4.69, 9.17) is 4.98 Å². The summed E-state index contributed by atoms with van der Waals surface area (Å²) in [5.74, 6) is 0.425. The van der Waals surface area contributed by atoms with E-state index >= 15 is 0 Å². The van der Waals surface area contributed by atoms with Gasteiger partial charge in [-0.05, 0) is 45.1 Å². The quantitative estimate of drug-likeness (QED) is 0.727. The third kappa shape index (κ3) is 4.16. The average molecular weight is 410 g/mol. The van der Waals surface area contributed by atoms with Gasteiger partial charge in [0.25, 0.3) is 0 Å². The highest BCUT2D eigenvalue weighted by atomic mass is 79.9. The van der Waals surface area contributed by atoms with Gasteiger partial charge in [-0.2, -0.15) is 0 Å². The number of rotatable bonds is 5. The van der Waals surface area contributed by atoms with Crippen LogP contribution in [0.5, 0.6) is 0 Å². The SMILES string of the molecule is CN(C)CCN(C(=O)C1CCCCC1)c1nc2ccc(Br)cc2s1. The van der Waals surface area contributed by atoms with Crippen molar-refractivity contribution < 1.29 is 4.79 Å². The maximum absolute atomic E-state index is 13.1. The van der Waals surface area contributed by atoms with Crippen LogP contribution in [0, 0.1) is 5.92 Å². The van der Waals surface area contributed by atoms with Crippen LogP contribution in [-0.2, 0) is 4.79 Å². The van der Waals surface area contributed by atoms with Crippen molar-refractivity contribution >= 4 is 48.5 Å². The Morgan fingerprint density at radius 3 is 2.71 bits per heavy atom. The maximum atomic E-state index is 13.1. The summed E-state index contributed by atoms with van der Waals surface area (Å²) in [6.45, 7) is 1.54. The number of nitrogens with zero attached hydrogens (tertiary/aromatic N) is 3. The van der Waals surface area contributed by atoms with Crippen LogP contribution >= 0.6 is 27.3 Å². The van der Waals surface area contributed by atoms with Gasteiger partial charge in [0.1, 0.15) is 0 Å². The lowest BCUT2D eigenvalue weighted by Crippen LogP contribution is -2.41. The van der Waals surface area contributed by atoms with Crippen molar-refractivity contribution in [1.29, 1.82) is 0 Å². The summed E-state index contributed by atoms with van der Waals surface area (Å²) >= 11 is 5.12. The van der Waals surface area contributed by atoms with Gasteiger partial charge in [-0.15, -0.1) is 0 Å². The van der Waals surface area contributed by atoms with Gasteiger partial charge in [0.05, 0.1) is 10.2 Å². The summed E-state index contributed by atoms with van der Waals surface area (Å²) in [4.78, 5) is 21.9. The van der Waals surface area contributed by atoms with Crippen molar-refractivity contribution in [3.05, 3.63) is 22.7 Å². The van der Waals surface area contributed by atoms with Gasteiger partial charge in [-0.1, -0.05) is 46.5 Å². The second-order valence-electron chi connectivity index (χ2n) is 6.74. The molecule has 2 aromatic rings. The van der Waals surface area contributed by atoms with E-state index in [0.717, 1.165) is 39.2 Å².